The van der Waals surface area contributed by atoms with Crippen molar-refractivity contribution in [2.75, 3.05) is 19.7 Å². The predicted molar refractivity (Wildman–Crippen MR) is 111 cm³/mol. The van der Waals surface area contributed by atoms with E-state index in [1.807, 2.05) is 53.4 Å². The molecule has 2 fully saturated rings. The van der Waals surface area contributed by atoms with E-state index in [4.69, 9.17) is 4.74 Å². The molecule has 0 atom stereocenters. The quantitative estimate of drug-likeness (QED) is 0.725. The van der Waals surface area contributed by atoms with Crippen LogP contribution in [0.1, 0.15) is 31.2 Å². The lowest BCUT2D eigenvalue weighted by Crippen LogP contribution is -2.46. The van der Waals surface area contributed by atoms with Crippen molar-refractivity contribution in [3.63, 3.8) is 0 Å². The Hall–Kier alpha value is -2.82. The van der Waals surface area contributed by atoms with Crippen LogP contribution in [0.15, 0.2) is 60.7 Å². The van der Waals surface area contributed by atoms with Gasteiger partial charge in [-0.3, -0.25) is 9.59 Å². The lowest BCUT2D eigenvalue weighted by atomic mass is 9.94. The van der Waals surface area contributed by atoms with Crippen LogP contribution in [0.25, 0.3) is 0 Å². The molecule has 1 heterocycles. The Bertz CT molecular complexity index is 813. The lowest BCUT2D eigenvalue weighted by molar-refractivity contribution is -0.142. The number of hydrogen-bond donors (Lipinski definition) is 0. The molecule has 5 heteroatoms. The number of hydrogen-bond acceptors (Lipinski definition) is 3. The molecular weight excluding hydrogens is 364 g/mol. The maximum atomic E-state index is 13.2. The first kappa shape index (κ1) is 19.5. The van der Waals surface area contributed by atoms with E-state index in [1.54, 1.807) is 0 Å². The summed E-state index contributed by atoms with van der Waals surface area (Å²) < 4.78 is 5.57. The van der Waals surface area contributed by atoms with Gasteiger partial charge in [-0.05, 0) is 43.4 Å². The third-order valence-electron chi connectivity index (χ3n) is 5.77. The van der Waals surface area contributed by atoms with Gasteiger partial charge in [-0.2, -0.15) is 0 Å². The molecule has 0 unspecified atom stereocenters. The van der Waals surface area contributed by atoms with Crippen LogP contribution in [0.5, 0.6) is 5.75 Å². The van der Waals surface area contributed by atoms with E-state index in [0.717, 1.165) is 25.7 Å². The van der Waals surface area contributed by atoms with Gasteiger partial charge in [-0.15, -0.1) is 0 Å². The SMILES string of the molecule is O=C(COc1ccccc1)N1CCC(C(=O)N(Cc2ccccc2)C2CC2)CC1. The zero-order valence-electron chi connectivity index (χ0n) is 16.7. The molecule has 0 N–H and O–H groups in total. The van der Waals surface area contributed by atoms with Gasteiger partial charge in [0, 0.05) is 31.6 Å². The van der Waals surface area contributed by atoms with E-state index in [-0.39, 0.29) is 24.3 Å². The Morgan fingerprint density at radius 1 is 0.897 bits per heavy atom. The number of likely N-dealkylation sites (tertiary alicyclic amines) is 1. The number of amides is 2. The largest absolute Gasteiger partial charge is 0.484 e. The van der Waals surface area contributed by atoms with Crippen LogP contribution < -0.4 is 4.74 Å². The molecule has 1 saturated heterocycles. The van der Waals surface area contributed by atoms with Gasteiger partial charge in [-0.1, -0.05) is 48.5 Å². The van der Waals surface area contributed by atoms with Gasteiger partial charge in [-0.25, -0.2) is 0 Å². The highest BCUT2D eigenvalue weighted by Gasteiger charge is 2.37. The molecule has 1 saturated carbocycles. The first-order valence-electron chi connectivity index (χ1n) is 10.5. The van der Waals surface area contributed by atoms with Crippen LogP contribution in [0, 0.1) is 5.92 Å². The van der Waals surface area contributed by atoms with Crippen molar-refractivity contribution in [2.45, 2.75) is 38.3 Å². The van der Waals surface area contributed by atoms with E-state index in [2.05, 4.69) is 17.0 Å². The van der Waals surface area contributed by atoms with Crippen LogP contribution in [0.3, 0.4) is 0 Å². The maximum Gasteiger partial charge on any atom is 0.260 e. The molecule has 2 amide bonds. The molecule has 0 bridgehead atoms. The summed E-state index contributed by atoms with van der Waals surface area (Å²) in [5, 5.41) is 0. The molecule has 5 nitrogen and oxygen atoms in total. The van der Waals surface area contributed by atoms with Crippen molar-refractivity contribution in [2.24, 2.45) is 5.92 Å². The zero-order chi connectivity index (χ0) is 20.1. The van der Waals surface area contributed by atoms with Crippen molar-refractivity contribution < 1.29 is 14.3 Å². The number of para-hydroxylation sites is 1. The molecule has 2 aliphatic rings. The second-order valence-corrected chi connectivity index (χ2v) is 7.94. The summed E-state index contributed by atoms with van der Waals surface area (Å²) in [6.07, 6.45) is 3.67. The van der Waals surface area contributed by atoms with E-state index in [1.165, 1.54) is 5.56 Å². The van der Waals surface area contributed by atoms with Crippen molar-refractivity contribution >= 4 is 11.8 Å². The summed E-state index contributed by atoms with van der Waals surface area (Å²) in [6.45, 7) is 1.98. The number of carbonyl (C=O) groups is 2. The molecule has 152 valence electrons. The summed E-state index contributed by atoms with van der Waals surface area (Å²) in [4.78, 5) is 29.5. The highest BCUT2D eigenvalue weighted by atomic mass is 16.5. The van der Waals surface area contributed by atoms with Crippen molar-refractivity contribution in [3.8, 4) is 5.75 Å². The van der Waals surface area contributed by atoms with Crippen molar-refractivity contribution in [1.29, 1.82) is 0 Å². The summed E-state index contributed by atoms with van der Waals surface area (Å²) in [7, 11) is 0. The second kappa shape index (κ2) is 9.12. The Morgan fingerprint density at radius 2 is 1.52 bits per heavy atom. The number of rotatable bonds is 7. The monoisotopic (exact) mass is 392 g/mol. The van der Waals surface area contributed by atoms with E-state index >= 15 is 0 Å². The zero-order valence-corrected chi connectivity index (χ0v) is 16.7. The van der Waals surface area contributed by atoms with Crippen LogP contribution in [-0.2, 0) is 16.1 Å². The fraction of sp³-hybridized carbons (Fsp3) is 0.417. The fourth-order valence-electron chi connectivity index (χ4n) is 3.92. The van der Waals surface area contributed by atoms with Gasteiger partial charge in [0.15, 0.2) is 6.61 Å². The molecular formula is C24H28N2O3. The third-order valence-corrected chi connectivity index (χ3v) is 5.77. The van der Waals surface area contributed by atoms with Gasteiger partial charge < -0.3 is 14.5 Å². The first-order chi connectivity index (χ1) is 14.2. The molecule has 0 spiro atoms. The molecule has 4 rings (SSSR count). The second-order valence-electron chi connectivity index (χ2n) is 7.94. The van der Waals surface area contributed by atoms with E-state index in [9.17, 15) is 9.59 Å². The number of benzene rings is 2. The van der Waals surface area contributed by atoms with Crippen LogP contribution in [-0.4, -0.2) is 47.4 Å². The highest BCUT2D eigenvalue weighted by Crippen LogP contribution is 2.32. The summed E-state index contributed by atoms with van der Waals surface area (Å²) in [6, 6.07) is 20.0. The minimum atomic E-state index is -0.0110. The van der Waals surface area contributed by atoms with Gasteiger partial charge in [0.05, 0.1) is 0 Å². The molecule has 1 aliphatic heterocycles. The maximum absolute atomic E-state index is 13.2. The lowest BCUT2D eigenvalue weighted by Gasteiger charge is -2.34. The molecule has 0 radical (unpaired) electrons. The Morgan fingerprint density at radius 3 is 2.14 bits per heavy atom. The highest BCUT2D eigenvalue weighted by molar-refractivity contribution is 5.81. The molecule has 0 aromatic heterocycles. The van der Waals surface area contributed by atoms with Gasteiger partial charge >= 0.3 is 0 Å². The van der Waals surface area contributed by atoms with Gasteiger partial charge in [0.1, 0.15) is 5.75 Å². The molecule has 2 aromatic rings. The van der Waals surface area contributed by atoms with Crippen molar-refractivity contribution in [3.05, 3.63) is 66.2 Å². The van der Waals surface area contributed by atoms with E-state index in [0.29, 0.717) is 31.4 Å². The Labute approximate surface area is 172 Å². The van der Waals surface area contributed by atoms with Crippen LogP contribution in [0.2, 0.25) is 0 Å². The van der Waals surface area contributed by atoms with Gasteiger partial charge in [0.2, 0.25) is 5.91 Å². The number of nitrogens with zero attached hydrogens (tertiary/aromatic N) is 2. The average Bonchev–Trinajstić information content (AvgIpc) is 3.62. The third kappa shape index (κ3) is 5.17. The van der Waals surface area contributed by atoms with Crippen LogP contribution >= 0.6 is 0 Å². The van der Waals surface area contributed by atoms with E-state index < -0.39 is 0 Å². The first-order valence-corrected chi connectivity index (χ1v) is 10.5. The minimum absolute atomic E-state index is 0.0110. The Kier molecular flexibility index (Phi) is 6.13. The predicted octanol–water partition coefficient (Wildman–Crippen LogP) is 3.50. The number of ether oxygens (including phenoxy) is 1. The number of piperidine rings is 1. The fourth-order valence-corrected chi connectivity index (χ4v) is 3.92. The Balaban J connectivity index is 1.28. The summed E-state index contributed by atoms with van der Waals surface area (Å²) in [5.74, 6) is 0.956. The number of carbonyl (C=O) groups excluding carboxylic acids is 2. The molecule has 29 heavy (non-hydrogen) atoms. The molecule has 2 aromatic carbocycles. The smallest absolute Gasteiger partial charge is 0.260 e. The topological polar surface area (TPSA) is 49.9 Å². The minimum Gasteiger partial charge on any atom is -0.484 e. The normalized spacial score (nSPS) is 17.0. The van der Waals surface area contributed by atoms with Crippen molar-refractivity contribution in [1.82, 2.24) is 9.80 Å². The standard InChI is InChI=1S/C24H28N2O3/c27-23(18-29-22-9-5-2-6-10-22)25-15-13-20(14-16-25)24(28)26(21-11-12-21)17-19-7-3-1-4-8-19/h1-10,20-21H,11-18H2. The van der Waals surface area contributed by atoms with Gasteiger partial charge in [0.25, 0.3) is 5.91 Å². The summed E-state index contributed by atoms with van der Waals surface area (Å²) in [5.41, 5.74) is 1.18. The average molecular weight is 392 g/mol. The van der Waals surface area contributed by atoms with Crippen LogP contribution in [0.4, 0.5) is 0 Å². The summed E-state index contributed by atoms with van der Waals surface area (Å²) >= 11 is 0. The molecule has 1 aliphatic carbocycles.